The van der Waals surface area contributed by atoms with E-state index in [-0.39, 0.29) is 19.3 Å². The third kappa shape index (κ3) is 3.02. The fourth-order valence-corrected chi connectivity index (χ4v) is 22.6. The van der Waals surface area contributed by atoms with Gasteiger partial charge >= 0.3 is 141 Å². The van der Waals surface area contributed by atoms with Gasteiger partial charge in [-0.2, -0.15) is 0 Å². The summed E-state index contributed by atoms with van der Waals surface area (Å²) in [6.45, 7) is 5.12. The van der Waals surface area contributed by atoms with Crippen LogP contribution in [0.1, 0.15) is 30.9 Å². The molecule has 2 aliphatic rings. The molecule has 0 radical (unpaired) electrons. The van der Waals surface area contributed by atoms with Crippen molar-refractivity contribution in [2.75, 3.05) is 0 Å². The van der Waals surface area contributed by atoms with E-state index in [1.54, 1.807) is 11.1 Å². The maximum atomic E-state index is 2.56. The zero-order valence-corrected chi connectivity index (χ0v) is 17.7. The molecule has 4 rings (SSSR count). The molecule has 2 aromatic carbocycles. The molecule has 2 aliphatic carbocycles. The second-order valence-corrected chi connectivity index (χ2v) is 24.5. The minimum absolute atomic E-state index is 0. The molecule has 0 saturated carbocycles. The summed E-state index contributed by atoms with van der Waals surface area (Å²) >= 11 is -1.65. The van der Waals surface area contributed by atoms with E-state index >= 15 is 0 Å². The van der Waals surface area contributed by atoms with Gasteiger partial charge in [-0.1, -0.05) is 0 Å². The van der Waals surface area contributed by atoms with Gasteiger partial charge in [0.1, 0.15) is 0 Å². The van der Waals surface area contributed by atoms with Crippen molar-refractivity contribution < 1.29 is 34.2 Å². The first-order chi connectivity index (χ1) is 10.8. The van der Waals surface area contributed by atoms with E-state index in [1.165, 1.54) is 11.1 Å². The molecule has 0 amide bonds. The quantitative estimate of drug-likeness (QED) is 0.661. The first-order valence-electron chi connectivity index (χ1n) is 7.97. The second kappa shape index (κ2) is 7.05. The Morgan fingerprint density at radius 3 is 1.65 bits per heavy atom. The predicted octanol–water partition coefficient (Wildman–Crippen LogP) is 2.51. The van der Waals surface area contributed by atoms with Crippen LogP contribution < -0.4 is 12.4 Å². The Bertz CT molecular complexity index is 774. The van der Waals surface area contributed by atoms with E-state index in [0.29, 0.717) is 0 Å². The van der Waals surface area contributed by atoms with Crippen LogP contribution in [0.3, 0.4) is 0 Å². The van der Waals surface area contributed by atoms with E-state index < -0.39 is 20.4 Å². The third-order valence-corrected chi connectivity index (χ3v) is 24.0. The Kier molecular flexibility index (Phi) is 5.26. The molecular weight excluding hydrogens is 395 g/mol. The third-order valence-electron chi connectivity index (χ3n) is 4.85. The largest absolute Gasteiger partial charge is 1.00 e. The van der Waals surface area contributed by atoms with Crippen LogP contribution in [0.15, 0.2) is 60.7 Å². The standard InChI is InChI=1S/2C9H7.C2H6Si.ClH.Zr.H/c2*1-2-5-9-7-3-6-8(9)4-1;1-3-2;;;/h2*1-7H;1-2H3;1H;;/q;;;;;-1/p-1. The summed E-state index contributed by atoms with van der Waals surface area (Å²) in [6, 6.07) is 18.1. The Morgan fingerprint density at radius 1 is 0.783 bits per heavy atom. The van der Waals surface area contributed by atoms with E-state index in [9.17, 15) is 0 Å². The fourth-order valence-electron chi connectivity index (χ4n) is 3.86. The zero-order valence-electron chi connectivity index (χ0n) is 14.5. The molecule has 0 aromatic heterocycles. The number of hydrogen-bond donors (Lipinski definition) is 0. The summed E-state index contributed by atoms with van der Waals surface area (Å²) in [5.74, 6) is 0. The van der Waals surface area contributed by atoms with Crippen molar-refractivity contribution in [3.63, 3.8) is 0 Å². The van der Waals surface area contributed by atoms with Crippen LogP contribution in [0.2, 0.25) is 13.1 Å². The van der Waals surface area contributed by atoms with Crippen LogP contribution in [0.4, 0.5) is 0 Å². The normalized spacial score (nSPS) is 19.9. The molecule has 3 heteroatoms. The smallest absolute Gasteiger partial charge is 1.00 e. The molecule has 0 fully saturated rings. The first-order valence-corrected chi connectivity index (χ1v) is 17.0. The van der Waals surface area contributed by atoms with Gasteiger partial charge in [0.15, 0.2) is 0 Å². The van der Waals surface area contributed by atoms with Crippen LogP contribution in [-0.2, 0) is 20.4 Å². The van der Waals surface area contributed by atoms with Gasteiger partial charge in [0.2, 0.25) is 0 Å². The van der Waals surface area contributed by atoms with Crippen molar-refractivity contribution in [1.82, 2.24) is 0 Å². The van der Waals surface area contributed by atoms with Gasteiger partial charge in [-0.25, -0.2) is 0 Å². The molecule has 0 aliphatic heterocycles. The van der Waals surface area contributed by atoms with Crippen molar-refractivity contribution in [3.8, 4) is 0 Å². The summed E-state index contributed by atoms with van der Waals surface area (Å²) in [5, 5.41) is 0. The van der Waals surface area contributed by atoms with Crippen LogP contribution in [0, 0.1) is 0 Å². The van der Waals surface area contributed by atoms with Gasteiger partial charge in [0.05, 0.1) is 0 Å². The maximum Gasteiger partial charge on any atom is -1.00 e. The summed E-state index contributed by atoms with van der Waals surface area (Å²) in [5.41, 5.74) is 5.92. The van der Waals surface area contributed by atoms with Crippen molar-refractivity contribution >= 4 is 17.6 Å². The van der Waals surface area contributed by atoms with Gasteiger partial charge < -0.3 is 13.8 Å². The number of benzene rings is 2. The molecular formula is C20H21ClSiZr-2. The van der Waals surface area contributed by atoms with Crippen molar-refractivity contribution in [2.45, 2.75) is 20.3 Å². The minimum atomic E-state index is -1.65. The summed E-state index contributed by atoms with van der Waals surface area (Å²) < 4.78 is 1.53. The summed E-state index contributed by atoms with van der Waals surface area (Å²) in [4.78, 5) is 0. The van der Waals surface area contributed by atoms with Crippen molar-refractivity contribution in [2.24, 2.45) is 0 Å². The molecule has 0 nitrogen and oxygen atoms in total. The van der Waals surface area contributed by atoms with Gasteiger partial charge in [0, 0.05) is 0 Å². The molecule has 23 heavy (non-hydrogen) atoms. The molecule has 118 valence electrons. The monoisotopic (exact) mass is 414 g/mol. The molecule has 0 bridgehead atoms. The maximum absolute atomic E-state index is 2.56. The number of halogens is 1. The van der Waals surface area contributed by atoms with Gasteiger partial charge in [-0.15, -0.1) is 0 Å². The van der Waals surface area contributed by atoms with Crippen molar-refractivity contribution in [1.29, 1.82) is 0 Å². The van der Waals surface area contributed by atoms with E-state index in [0.717, 1.165) is 7.25 Å². The van der Waals surface area contributed by atoms with Crippen LogP contribution in [0.25, 0.3) is 12.2 Å². The Balaban J connectivity index is 0.00000104. The molecule has 2 unspecified atom stereocenters. The van der Waals surface area contributed by atoms with Crippen LogP contribution in [0.5, 0.6) is 0 Å². The number of allylic oxidation sites excluding steroid dienone is 2. The van der Waals surface area contributed by atoms with Crippen molar-refractivity contribution in [3.05, 3.63) is 82.9 Å². The number of fused-ring (bicyclic) bond motifs is 2. The van der Waals surface area contributed by atoms with Gasteiger partial charge in [-0.05, 0) is 0 Å². The molecule has 0 spiro atoms. The van der Waals surface area contributed by atoms with Crippen LogP contribution >= 0.6 is 0 Å². The Labute approximate surface area is 154 Å². The molecule has 2 aromatic rings. The topological polar surface area (TPSA) is 0 Å². The molecule has 2 atom stereocenters. The Morgan fingerprint density at radius 2 is 1.22 bits per heavy atom. The fraction of sp³-hybridized carbons (Fsp3) is 0.200. The molecule has 0 N–H and O–H groups in total. The summed E-state index contributed by atoms with van der Waals surface area (Å²) in [7, 11) is 0. The zero-order chi connectivity index (χ0) is 15.1. The average molecular weight is 416 g/mol. The first kappa shape index (κ1) is 17.1. The number of rotatable bonds is 2. The SMILES string of the molecule is C[Si](C)=[Zr]([CH]1C=Cc2ccccc21)[CH]1C=Cc2ccccc21.[Cl-].[H-]. The molecule has 0 saturated heterocycles. The van der Waals surface area contributed by atoms with Crippen LogP contribution in [-0.4, -0.2) is 5.43 Å². The van der Waals surface area contributed by atoms with E-state index in [1.807, 2.05) is 0 Å². The van der Waals surface area contributed by atoms with Gasteiger partial charge in [0.25, 0.3) is 0 Å². The molecule has 0 heterocycles. The van der Waals surface area contributed by atoms with Gasteiger partial charge in [-0.3, -0.25) is 0 Å². The summed E-state index contributed by atoms with van der Waals surface area (Å²) in [6.07, 6.45) is 9.81. The average Bonchev–Trinajstić information content (AvgIpc) is 3.13. The van der Waals surface area contributed by atoms with E-state index in [2.05, 4.69) is 85.9 Å². The predicted molar refractivity (Wildman–Crippen MR) is 95.0 cm³/mol. The Hall–Kier alpha value is -0.690. The van der Waals surface area contributed by atoms with E-state index in [4.69, 9.17) is 0 Å². The second-order valence-electron chi connectivity index (χ2n) is 6.39. The minimum Gasteiger partial charge on any atom is -1.00 e. The number of hydrogen-bond acceptors (Lipinski definition) is 0.